The van der Waals surface area contributed by atoms with E-state index in [-0.39, 0.29) is 11.2 Å². The Kier molecular flexibility index (Phi) is 4.46. The van der Waals surface area contributed by atoms with Gasteiger partial charge in [0, 0.05) is 12.2 Å². The highest BCUT2D eigenvalue weighted by Gasteiger charge is 2.29. The van der Waals surface area contributed by atoms with Crippen molar-refractivity contribution in [3.63, 3.8) is 0 Å². The maximum atomic E-state index is 13.0. The van der Waals surface area contributed by atoms with E-state index in [0.717, 1.165) is 29.9 Å². The van der Waals surface area contributed by atoms with E-state index in [2.05, 4.69) is 21.6 Å². The summed E-state index contributed by atoms with van der Waals surface area (Å²) in [6, 6.07) is 16.0. The third-order valence-corrected chi connectivity index (χ3v) is 5.49. The van der Waals surface area contributed by atoms with E-state index >= 15 is 0 Å². The Morgan fingerprint density at radius 2 is 2.04 bits per heavy atom. The van der Waals surface area contributed by atoms with Gasteiger partial charge in [0.1, 0.15) is 0 Å². The minimum absolute atomic E-state index is 0.0822. The first-order valence-electron chi connectivity index (χ1n) is 8.55. The summed E-state index contributed by atoms with van der Waals surface area (Å²) in [4.78, 5) is 14.8. The van der Waals surface area contributed by atoms with Gasteiger partial charge in [-0.05, 0) is 60.0 Å². The maximum Gasteiger partial charge on any atom is 0.240 e. The first-order chi connectivity index (χ1) is 12.6. The zero-order valence-corrected chi connectivity index (χ0v) is 15.5. The van der Waals surface area contributed by atoms with E-state index in [1.54, 1.807) is 4.68 Å². The largest absolute Gasteiger partial charge is 0.311 e. The number of aryl methyl sites for hydroxylation is 1. The molecule has 0 aliphatic carbocycles. The number of hydrogen-bond donors (Lipinski definition) is 0. The van der Waals surface area contributed by atoms with Gasteiger partial charge in [-0.1, -0.05) is 42.1 Å². The summed E-state index contributed by atoms with van der Waals surface area (Å²) in [6.45, 7) is 4.66. The number of tetrazole rings is 1. The second-order valence-electron chi connectivity index (χ2n) is 6.34. The van der Waals surface area contributed by atoms with Gasteiger partial charge in [-0.15, -0.1) is 5.10 Å². The lowest BCUT2D eigenvalue weighted by atomic mass is 10.2. The predicted octanol–water partition coefficient (Wildman–Crippen LogP) is 3.04. The molecule has 0 unspecified atom stereocenters. The van der Waals surface area contributed by atoms with Crippen molar-refractivity contribution in [1.82, 2.24) is 20.2 Å². The molecule has 6 nitrogen and oxygen atoms in total. The molecule has 2 aromatic carbocycles. The highest BCUT2D eigenvalue weighted by atomic mass is 32.2. The number of para-hydroxylation sites is 1. The van der Waals surface area contributed by atoms with Gasteiger partial charge in [0.05, 0.1) is 10.9 Å². The van der Waals surface area contributed by atoms with Crippen molar-refractivity contribution in [3.05, 3.63) is 59.7 Å². The van der Waals surface area contributed by atoms with E-state index < -0.39 is 0 Å². The fraction of sp³-hybridized carbons (Fsp3) is 0.263. The van der Waals surface area contributed by atoms with Gasteiger partial charge in [0.15, 0.2) is 0 Å². The van der Waals surface area contributed by atoms with Gasteiger partial charge in [-0.25, -0.2) is 0 Å². The van der Waals surface area contributed by atoms with E-state index in [0.29, 0.717) is 5.16 Å². The van der Waals surface area contributed by atoms with Crippen LogP contribution in [-0.4, -0.2) is 37.9 Å². The van der Waals surface area contributed by atoms with Crippen molar-refractivity contribution in [2.24, 2.45) is 0 Å². The lowest BCUT2D eigenvalue weighted by molar-refractivity contribution is -0.117. The van der Waals surface area contributed by atoms with Crippen molar-refractivity contribution in [1.29, 1.82) is 0 Å². The third kappa shape index (κ3) is 3.10. The van der Waals surface area contributed by atoms with Gasteiger partial charge in [0.2, 0.25) is 11.1 Å². The first-order valence-corrected chi connectivity index (χ1v) is 9.43. The third-order valence-electron chi connectivity index (χ3n) is 4.47. The van der Waals surface area contributed by atoms with Crippen LogP contribution in [0.15, 0.2) is 53.7 Å². The molecule has 0 fully saturated rings. The maximum absolute atomic E-state index is 13.0. The predicted molar refractivity (Wildman–Crippen MR) is 102 cm³/mol. The number of rotatable bonds is 4. The Hall–Kier alpha value is -2.67. The standard InChI is InChI=1S/C19H19N5OS/c1-13-6-5-8-16(12-13)24-19(20-21-22-24)26-14(2)18(25)23-11-10-15-7-3-4-9-17(15)23/h3-9,12,14H,10-11H2,1-2H3/t14-/m1/s1. The quantitative estimate of drug-likeness (QED) is 0.665. The molecular weight excluding hydrogens is 346 g/mol. The summed E-state index contributed by atoms with van der Waals surface area (Å²) in [7, 11) is 0. The van der Waals surface area contributed by atoms with E-state index in [9.17, 15) is 4.79 Å². The van der Waals surface area contributed by atoms with Crippen LogP contribution in [0.4, 0.5) is 5.69 Å². The van der Waals surface area contributed by atoms with Crippen molar-refractivity contribution in [2.75, 3.05) is 11.4 Å². The second-order valence-corrected chi connectivity index (χ2v) is 7.65. The van der Waals surface area contributed by atoms with Gasteiger partial charge in [-0.2, -0.15) is 4.68 Å². The molecule has 1 aliphatic rings. The van der Waals surface area contributed by atoms with Crippen LogP contribution in [0.1, 0.15) is 18.1 Å². The topological polar surface area (TPSA) is 63.9 Å². The molecule has 1 atom stereocenters. The fourth-order valence-corrected chi connectivity index (χ4v) is 4.04. The van der Waals surface area contributed by atoms with E-state index in [1.165, 1.54) is 17.3 Å². The number of benzene rings is 2. The second kappa shape index (κ2) is 6.92. The number of anilines is 1. The Morgan fingerprint density at radius 1 is 1.19 bits per heavy atom. The van der Waals surface area contributed by atoms with Crippen LogP contribution in [0.3, 0.4) is 0 Å². The molecule has 0 spiro atoms. The zero-order chi connectivity index (χ0) is 18.1. The fourth-order valence-electron chi connectivity index (χ4n) is 3.17. The highest BCUT2D eigenvalue weighted by Crippen LogP contribution is 2.31. The number of thioether (sulfide) groups is 1. The molecule has 0 radical (unpaired) electrons. The van der Waals surface area contributed by atoms with Crippen LogP contribution in [-0.2, 0) is 11.2 Å². The average molecular weight is 365 g/mol. The summed E-state index contributed by atoms with van der Waals surface area (Å²) >= 11 is 1.38. The van der Waals surface area contributed by atoms with Crippen LogP contribution in [0.2, 0.25) is 0 Å². The molecule has 3 aromatic rings. The van der Waals surface area contributed by atoms with E-state index in [1.807, 2.05) is 61.2 Å². The lowest BCUT2D eigenvalue weighted by Crippen LogP contribution is -2.35. The Labute approximate surface area is 156 Å². The van der Waals surface area contributed by atoms with Crippen molar-refractivity contribution in [2.45, 2.75) is 30.7 Å². The lowest BCUT2D eigenvalue weighted by Gasteiger charge is -2.21. The highest BCUT2D eigenvalue weighted by molar-refractivity contribution is 8.00. The summed E-state index contributed by atoms with van der Waals surface area (Å²) in [6.07, 6.45) is 0.903. The molecule has 1 aromatic heterocycles. The average Bonchev–Trinajstić information content (AvgIpc) is 3.28. The summed E-state index contributed by atoms with van der Waals surface area (Å²) < 4.78 is 1.68. The Morgan fingerprint density at radius 3 is 2.88 bits per heavy atom. The number of aromatic nitrogens is 4. The first kappa shape index (κ1) is 16.8. The molecule has 0 saturated carbocycles. The van der Waals surface area contributed by atoms with Crippen LogP contribution in [0.5, 0.6) is 0 Å². The zero-order valence-electron chi connectivity index (χ0n) is 14.7. The van der Waals surface area contributed by atoms with Gasteiger partial charge in [-0.3, -0.25) is 4.79 Å². The molecule has 4 rings (SSSR count). The Bertz CT molecular complexity index is 954. The summed E-state index contributed by atoms with van der Waals surface area (Å²) in [5.74, 6) is 0.0822. The van der Waals surface area contributed by atoms with Gasteiger partial charge < -0.3 is 4.90 Å². The molecule has 0 N–H and O–H groups in total. The van der Waals surface area contributed by atoms with Gasteiger partial charge in [0.25, 0.3) is 0 Å². The monoisotopic (exact) mass is 365 g/mol. The molecular formula is C19H19N5OS. The number of amides is 1. The number of carbonyl (C=O) groups excluding carboxylic acids is 1. The number of fused-ring (bicyclic) bond motifs is 1. The molecule has 1 aliphatic heterocycles. The molecule has 132 valence electrons. The smallest absolute Gasteiger partial charge is 0.240 e. The summed E-state index contributed by atoms with van der Waals surface area (Å²) in [5.41, 5.74) is 4.27. The van der Waals surface area contributed by atoms with Crippen molar-refractivity contribution >= 4 is 23.4 Å². The molecule has 0 bridgehead atoms. The number of hydrogen-bond acceptors (Lipinski definition) is 5. The number of nitrogens with zero attached hydrogens (tertiary/aromatic N) is 5. The normalized spacial score (nSPS) is 14.3. The molecule has 1 amide bonds. The van der Waals surface area contributed by atoms with Crippen molar-refractivity contribution in [3.8, 4) is 5.69 Å². The summed E-state index contributed by atoms with van der Waals surface area (Å²) in [5, 5.41) is 12.3. The van der Waals surface area contributed by atoms with Crippen LogP contribution >= 0.6 is 11.8 Å². The van der Waals surface area contributed by atoms with E-state index in [4.69, 9.17) is 0 Å². The molecule has 26 heavy (non-hydrogen) atoms. The Balaban J connectivity index is 1.54. The number of carbonyl (C=O) groups is 1. The SMILES string of the molecule is Cc1cccc(-n2nnnc2S[C@H](C)C(=O)N2CCc3ccccc32)c1. The van der Waals surface area contributed by atoms with Crippen LogP contribution < -0.4 is 4.90 Å². The minimum atomic E-state index is -0.282. The van der Waals surface area contributed by atoms with Crippen LogP contribution in [0.25, 0.3) is 5.69 Å². The van der Waals surface area contributed by atoms with Crippen LogP contribution in [0, 0.1) is 6.92 Å². The molecule has 2 heterocycles. The molecule has 0 saturated heterocycles. The van der Waals surface area contributed by atoms with Gasteiger partial charge >= 0.3 is 0 Å². The minimum Gasteiger partial charge on any atom is -0.311 e. The molecule has 7 heteroatoms. The van der Waals surface area contributed by atoms with Crippen molar-refractivity contribution < 1.29 is 4.79 Å².